The van der Waals surface area contributed by atoms with Crippen LogP contribution in [0.1, 0.15) is 5.82 Å². The zero-order valence-electron chi connectivity index (χ0n) is 10.5. The van der Waals surface area contributed by atoms with Crippen molar-refractivity contribution in [3.05, 3.63) is 27.6 Å². The van der Waals surface area contributed by atoms with Gasteiger partial charge in [0.05, 0.1) is 18.7 Å². The SMILES string of the molecule is O=C(O)C1CN(Cc2nc3ccsc3c(=O)[nH]2)CCO1. The average molecular weight is 295 g/mol. The maximum absolute atomic E-state index is 11.9. The molecule has 1 aliphatic rings. The molecule has 7 nitrogen and oxygen atoms in total. The van der Waals surface area contributed by atoms with Crippen LogP contribution in [-0.2, 0) is 16.1 Å². The van der Waals surface area contributed by atoms with E-state index in [4.69, 9.17) is 9.84 Å². The van der Waals surface area contributed by atoms with Gasteiger partial charge in [0, 0.05) is 13.1 Å². The molecule has 20 heavy (non-hydrogen) atoms. The van der Waals surface area contributed by atoms with Gasteiger partial charge in [0.2, 0.25) is 0 Å². The second-order valence-electron chi connectivity index (χ2n) is 4.58. The number of aliphatic carboxylic acids is 1. The van der Waals surface area contributed by atoms with Gasteiger partial charge >= 0.3 is 5.97 Å². The third-order valence-corrected chi connectivity index (χ3v) is 4.07. The molecule has 0 spiro atoms. The van der Waals surface area contributed by atoms with Gasteiger partial charge in [0.1, 0.15) is 10.5 Å². The van der Waals surface area contributed by atoms with E-state index in [0.717, 1.165) is 0 Å². The van der Waals surface area contributed by atoms with E-state index in [0.29, 0.717) is 42.3 Å². The lowest BCUT2D eigenvalue weighted by atomic mass is 10.2. The highest BCUT2D eigenvalue weighted by atomic mass is 32.1. The lowest BCUT2D eigenvalue weighted by Crippen LogP contribution is -2.45. The molecule has 1 aliphatic heterocycles. The van der Waals surface area contributed by atoms with Gasteiger partial charge in [-0.25, -0.2) is 9.78 Å². The minimum atomic E-state index is -0.968. The predicted octanol–water partition coefficient (Wildman–Crippen LogP) is 0.270. The molecule has 0 saturated carbocycles. The maximum atomic E-state index is 11.9. The highest BCUT2D eigenvalue weighted by molar-refractivity contribution is 7.17. The van der Waals surface area contributed by atoms with E-state index in [1.807, 2.05) is 10.3 Å². The van der Waals surface area contributed by atoms with Crippen molar-refractivity contribution in [2.75, 3.05) is 19.7 Å². The number of carbonyl (C=O) groups is 1. The summed E-state index contributed by atoms with van der Waals surface area (Å²) in [5, 5.41) is 10.8. The van der Waals surface area contributed by atoms with Crippen molar-refractivity contribution in [1.82, 2.24) is 14.9 Å². The fourth-order valence-corrected chi connectivity index (χ4v) is 2.93. The number of nitrogens with zero attached hydrogens (tertiary/aromatic N) is 2. The number of rotatable bonds is 3. The van der Waals surface area contributed by atoms with Gasteiger partial charge < -0.3 is 14.8 Å². The van der Waals surface area contributed by atoms with Crippen molar-refractivity contribution in [2.24, 2.45) is 0 Å². The summed E-state index contributed by atoms with van der Waals surface area (Å²) in [6, 6.07) is 1.80. The summed E-state index contributed by atoms with van der Waals surface area (Å²) in [7, 11) is 0. The lowest BCUT2D eigenvalue weighted by Gasteiger charge is -2.30. The molecule has 0 bridgehead atoms. The largest absolute Gasteiger partial charge is 0.479 e. The van der Waals surface area contributed by atoms with Gasteiger partial charge in [-0.3, -0.25) is 9.69 Å². The van der Waals surface area contributed by atoms with E-state index in [9.17, 15) is 9.59 Å². The van der Waals surface area contributed by atoms with Crippen LogP contribution >= 0.6 is 11.3 Å². The smallest absolute Gasteiger partial charge is 0.334 e. The molecule has 0 aliphatic carbocycles. The Kier molecular flexibility index (Phi) is 3.51. The normalized spacial score (nSPS) is 20.3. The molecule has 8 heteroatoms. The van der Waals surface area contributed by atoms with Crippen LogP contribution in [0.3, 0.4) is 0 Å². The van der Waals surface area contributed by atoms with E-state index in [1.165, 1.54) is 11.3 Å². The first-order valence-corrected chi connectivity index (χ1v) is 7.04. The number of carboxylic acids is 1. The Morgan fingerprint density at radius 3 is 3.30 bits per heavy atom. The molecule has 1 unspecified atom stereocenters. The van der Waals surface area contributed by atoms with Crippen LogP contribution in [0.5, 0.6) is 0 Å². The van der Waals surface area contributed by atoms with Gasteiger partial charge in [-0.2, -0.15) is 0 Å². The van der Waals surface area contributed by atoms with Gasteiger partial charge in [-0.15, -0.1) is 11.3 Å². The summed E-state index contributed by atoms with van der Waals surface area (Å²) in [5.41, 5.74) is 0.528. The van der Waals surface area contributed by atoms with Crippen LogP contribution < -0.4 is 5.56 Å². The standard InChI is InChI=1S/C12H13N3O4S/c16-11-10-7(1-4-20-10)13-9(14-11)6-15-2-3-19-8(5-15)12(17)18/h1,4,8H,2-3,5-6H2,(H,17,18)(H,13,14,16). The molecule has 3 heterocycles. The summed E-state index contributed by atoms with van der Waals surface area (Å²) in [6.45, 7) is 1.69. The minimum Gasteiger partial charge on any atom is -0.479 e. The number of fused-ring (bicyclic) bond motifs is 1. The molecular weight excluding hydrogens is 282 g/mol. The molecular formula is C12H13N3O4S. The zero-order chi connectivity index (χ0) is 14.1. The number of thiophene rings is 1. The molecule has 0 aromatic carbocycles. The fourth-order valence-electron chi connectivity index (χ4n) is 2.20. The second kappa shape index (κ2) is 5.31. The van der Waals surface area contributed by atoms with Crippen LogP contribution in [0.25, 0.3) is 10.2 Å². The van der Waals surface area contributed by atoms with Crippen LogP contribution in [-0.4, -0.2) is 51.7 Å². The highest BCUT2D eigenvalue weighted by Crippen LogP contribution is 2.15. The summed E-state index contributed by atoms with van der Waals surface area (Å²) < 4.78 is 5.77. The number of aromatic amines is 1. The van der Waals surface area contributed by atoms with Crippen LogP contribution in [0.4, 0.5) is 0 Å². The van der Waals surface area contributed by atoms with Crippen LogP contribution in [0.15, 0.2) is 16.2 Å². The average Bonchev–Trinajstić information content (AvgIpc) is 2.88. The van der Waals surface area contributed by atoms with Crippen molar-refractivity contribution in [3.63, 3.8) is 0 Å². The summed E-state index contributed by atoms with van der Waals surface area (Å²) in [4.78, 5) is 31.8. The molecule has 2 N–H and O–H groups in total. The topological polar surface area (TPSA) is 95.5 Å². The van der Waals surface area contributed by atoms with Crippen molar-refractivity contribution in [3.8, 4) is 0 Å². The van der Waals surface area contributed by atoms with Crippen molar-refractivity contribution < 1.29 is 14.6 Å². The van der Waals surface area contributed by atoms with Crippen molar-refractivity contribution >= 4 is 27.5 Å². The lowest BCUT2D eigenvalue weighted by molar-refractivity contribution is -0.156. The molecule has 1 fully saturated rings. The van der Waals surface area contributed by atoms with Crippen LogP contribution in [0.2, 0.25) is 0 Å². The molecule has 2 aromatic rings. The molecule has 0 amide bonds. The number of carboxylic acid groups (broad SMARTS) is 1. The molecule has 1 atom stereocenters. The Labute approximate surface area is 117 Å². The number of nitrogens with one attached hydrogen (secondary N) is 1. The van der Waals surface area contributed by atoms with Gasteiger partial charge in [-0.1, -0.05) is 0 Å². The van der Waals surface area contributed by atoms with Crippen LogP contribution in [0, 0.1) is 0 Å². The van der Waals surface area contributed by atoms with E-state index in [1.54, 1.807) is 6.07 Å². The number of ether oxygens (including phenoxy) is 1. The third kappa shape index (κ3) is 2.58. The molecule has 0 radical (unpaired) electrons. The highest BCUT2D eigenvalue weighted by Gasteiger charge is 2.26. The van der Waals surface area contributed by atoms with Gasteiger partial charge in [0.15, 0.2) is 6.10 Å². The minimum absolute atomic E-state index is 0.150. The first-order valence-electron chi connectivity index (χ1n) is 6.16. The Balaban J connectivity index is 1.78. The molecule has 3 rings (SSSR count). The Hall–Kier alpha value is -1.77. The van der Waals surface area contributed by atoms with E-state index in [-0.39, 0.29) is 5.56 Å². The Bertz CT molecular complexity index is 695. The number of morpholine rings is 1. The number of H-pyrrole nitrogens is 1. The summed E-state index contributed by atoms with van der Waals surface area (Å²) in [5.74, 6) is -0.420. The quantitative estimate of drug-likeness (QED) is 0.844. The van der Waals surface area contributed by atoms with Gasteiger partial charge in [-0.05, 0) is 11.4 Å². The Morgan fingerprint density at radius 2 is 2.50 bits per heavy atom. The summed E-state index contributed by atoms with van der Waals surface area (Å²) >= 11 is 1.36. The fraction of sp³-hybridized carbons (Fsp3) is 0.417. The molecule has 1 saturated heterocycles. The first-order chi connectivity index (χ1) is 9.63. The second-order valence-corrected chi connectivity index (χ2v) is 5.50. The van der Waals surface area contributed by atoms with Gasteiger partial charge in [0.25, 0.3) is 5.56 Å². The molecule has 2 aromatic heterocycles. The Morgan fingerprint density at radius 1 is 1.65 bits per heavy atom. The first kappa shape index (κ1) is 13.2. The zero-order valence-corrected chi connectivity index (χ0v) is 11.4. The number of aromatic nitrogens is 2. The molecule has 106 valence electrons. The predicted molar refractivity (Wildman–Crippen MR) is 72.9 cm³/mol. The van der Waals surface area contributed by atoms with Crippen molar-refractivity contribution in [2.45, 2.75) is 12.6 Å². The number of hydrogen-bond acceptors (Lipinski definition) is 6. The van der Waals surface area contributed by atoms with Crippen molar-refractivity contribution in [1.29, 1.82) is 0 Å². The maximum Gasteiger partial charge on any atom is 0.334 e. The summed E-state index contributed by atoms with van der Waals surface area (Å²) in [6.07, 6.45) is -0.819. The van der Waals surface area contributed by atoms with E-state index < -0.39 is 12.1 Å². The third-order valence-electron chi connectivity index (χ3n) is 3.16. The van der Waals surface area contributed by atoms with E-state index in [2.05, 4.69) is 9.97 Å². The monoisotopic (exact) mass is 295 g/mol. The van der Waals surface area contributed by atoms with E-state index >= 15 is 0 Å². The number of hydrogen-bond donors (Lipinski definition) is 2.